The Bertz CT molecular complexity index is 1210. The fraction of sp³-hybridized carbons (Fsp3) is 0.884. The number of hydrogen-bond acceptors (Lipinski definition) is 5. The van der Waals surface area contributed by atoms with Crippen LogP contribution in [0.4, 0.5) is 0 Å². The molecule has 75 heavy (non-hydrogen) atoms. The summed E-state index contributed by atoms with van der Waals surface area (Å²) in [5.74, 6) is -0.0617. The fourth-order valence-electron chi connectivity index (χ4n) is 10.5. The van der Waals surface area contributed by atoms with Crippen LogP contribution in [0.25, 0.3) is 0 Å². The summed E-state index contributed by atoms with van der Waals surface area (Å²) in [4.78, 5) is 24.6. The van der Waals surface area contributed by atoms with Crippen molar-refractivity contribution in [2.45, 2.75) is 379 Å². The lowest BCUT2D eigenvalue weighted by Crippen LogP contribution is -2.45. The maximum atomic E-state index is 12.5. The third-order valence-corrected chi connectivity index (χ3v) is 15.7. The number of carbonyl (C=O) groups is 2. The monoisotopic (exact) mass is 1050 g/mol. The predicted molar refractivity (Wildman–Crippen MR) is 329 cm³/mol. The molecule has 0 saturated carbocycles. The molecule has 0 aromatic carbocycles. The Hall–Kier alpha value is -1.92. The van der Waals surface area contributed by atoms with Gasteiger partial charge in [0.1, 0.15) is 0 Å². The molecule has 6 heteroatoms. The first kappa shape index (κ1) is 73.1. The highest BCUT2D eigenvalue weighted by Gasteiger charge is 2.18. The number of amides is 1. The molecule has 3 N–H and O–H groups in total. The molecule has 0 aromatic rings. The van der Waals surface area contributed by atoms with Gasteiger partial charge in [-0.05, 0) is 64.2 Å². The summed E-state index contributed by atoms with van der Waals surface area (Å²) in [5.41, 5.74) is 0. The number of rotatable bonds is 63. The van der Waals surface area contributed by atoms with E-state index >= 15 is 0 Å². The standard InChI is InChI=1S/C69H131NO5/c1-3-5-7-9-11-13-15-17-19-21-26-29-33-37-41-45-49-53-57-61-67(72)66(65-71)70-68(73)62-58-54-50-46-42-38-34-30-27-24-23-25-28-32-36-40-44-48-52-56-60-64-75-69(74)63-59-55-51-47-43-39-35-31-22-20-18-16-14-12-10-8-6-4-2/h14,16,20,22,57,61,66-67,71-72H,3-13,15,17-19,21,23-56,58-60,62-65H2,1-2H3,(H,70,73)/b16-14-,22-20-,61-57+. The molecular weight excluding hydrogens is 923 g/mol. The van der Waals surface area contributed by atoms with E-state index < -0.39 is 12.1 Å². The molecule has 0 spiro atoms. The van der Waals surface area contributed by atoms with Crippen molar-refractivity contribution in [3.8, 4) is 0 Å². The van der Waals surface area contributed by atoms with Gasteiger partial charge in [-0.25, -0.2) is 0 Å². The number of allylic oxidation sites excluding steroid dienone is 5. The highest BCUT2D eigenvalue weighted by molar-refractivity contribution is 5.76. The van der Waals surface area contributed by atoms with Crippen LogP contribution in [0.3, 0.4) is 0 Å². The van der Waals surface area contributed by atoms with Crippen molar-refractivity contribution in [2.75, 3.05) is 13.2 Å². The summed E-state index contributed by atoms with van der Waals surface area (Å²) >= 11 is 0. The molecule has 0 fully saturated rings. The van der Waals surface area contributed by atoms with E-state index in [-0.39, 0.29) is 18.5 Å². The van der Waals surface area contributed by atoms with Crippen molar-refractivity contribution in [3.63, 3.8) is 0 Å². The zero-order valence-electron chi connectivity index (χ0n) is 50.5. The van der Waals surface area contributed by atoms with Crippen molar-refractivity contribution >= 4 is 11.9 Å². The van der Waals surface area contributed by atoms with Gasteiger partial charge in [-0.3, -0.25) is 9.59 Å². The van der Waals surface area contributed by atoms with Crippen LogP contribution in [-0.4, -0.2) is 47.4 Å². The largest absolute Gasteiger partial charge is 0.466 e. The van der Waals surface area contributed by atoms with Crippen LogP contribution in [0.1, 0.15) is 367 Å². The minimum absolute atomic E-state index is 0.00452. The van der Waals surface area contributed by atoms with Gasteiger partial charge in [0.15, 0.2) is 0 Å². The first-order valence-corrected chi connectivity index (χ1v) is 33.8. The zero-order chi connectivity index (χ0) is 54.3. The third kappa shape index (κ3) is 61.2. The highest BCUT2D eigenvalue weighted by Crippen LogP contribution is 2.18. The lowest BCUT2D eigenvalue weighted by atomic mass is 10.0. The summed E-state index contributed by atoms with van der Waals surface area (Å²) in [6, 6.07) is -0.630. The van der Waals surface area contributed by atoms with Crippen LogP contribution in [0.2, 0.25) is 0 Å². The Morgan fingerprint density at radius 2 is 0.667 bits per heavy atom. The van der Waals surface area contributed by atoms with E-state index in [1.807, 2.05) is 6.08 Å². The Morgan fingerprint density at radius 3 is 1.03 bits per heavy atom. The number of esters is 1. The highest BCUT2D eigenvalue weighted by atomic mass is 16.5. The van der Waals surface area contributed by atoms with Crippen LogP contribution >= 0.6 is 0 Å². The molecule has 0 radical (unpaired) electrons. The van der Waals surface area contributed by atoms with Crippen molar-refractivity contribution in [1.82, 2.24) is 5.32 Å². The second kappa shape index (κ2) is 64.6. The van der Waals surface area contributed by atoms with Gasteiger partial charge in [-0.15, -0.1) is 0 Å². The van der Waals surface area contributed by atoms with Crippen molar-refractivity contribution in [2.24, 2.45) is 0 Å². The molecular formula is C69H131NO5. The van der Waals surface area contributed by atoms with Crippen molar-refractivity contribution in [3.05, 3.63) is 36.5 Å². The van der Waals surface area contributed by atoms with Gasteiger partial charge in [-0.1, -0.05) is 326 Å². The Balaban J connectivity index is 3.41. The lowest BCUT2D eigenvalue weighted by Gasteiger charge is -2.20. The molecule has 1 amide bonds. The first-order valence-electron chi connectivity index (χ1n) is 33.8. The summed E-state index contributed by atoms with van der Waals surface area (Å²) in [6.45, 7) is 4.91. The predicted octanol–water partition coefficient (Wildman–Crippen LogP) is 21.5. The molecule has 2 atom stereocenters. The Labute approximate surface area is 468 Å². The Kier molecular flexibility index (Phi) is 63.0. The summed E-state index contributed by atoms with van der Waals surface area (Å²) in [7, 11) is 0. The number of ether oxygens (including phenoxy) is 1. The van der Waals surface area contributed by atoms with Gasteiger partial charge < -0.3 is 20.3 Å². The van der Waals surface area contributed by atoms with Gasteiger partial charge in [0, 0.05) is 12.8 Å². The van der Waals surface area contributed by atoms with Gasteiger partial charge >= 0.3 is 5.97 Å². The van der Waals surface area contributed by atoms with E-state index in [1.165, 1.54) is 289 Å². The number of aliphatic hydroxyl groups is 2. The molecule has 6 nitrogen and oxygen atoms in total. The number of hydrogen-bond donors (Lipinski definition) is 3. The van der Waals surface area contributed by atoms with E-state index in [4.69, 9.17) is 4.74 Å². The minimum atomic E-state index is -0.846. The van der Waals surface area contributed by atoms with Crippen LogP contribution < -0.4 is 5.32 Å². The van der Waals surface area contributed by atoms with E-state index in [0.29, 0.717) is 19.4 Å². The molecule has 0 aliphatic rings. The summed E-state index contributed by atoms with van der Waals surface area (Å²) in [6.07, 6.45) is 82.0. The zero-order valence-corrected chi connectivity index (χ0v) is 50.5. The van der Waals surface area contributed by atoms with Crippen molar-refractivity contribution in [1.29, 1.82) is 0 Å². The second-order valence-corrected chi connectivity index (χ2v) is 23.2. The normalized spacial score (nSPS) is 12.7. The molecule has 0 bridgehead atoms. The molecule has 2 unspecified atom stereocenters. The number of unbranched alkanes of at least 4 members (excludes halogenated alkanes) is 48. The SMILES string of the molecule is CCCCCC/C=C\C/C=C\CCCCCCCCCC(=O)OCCCCCCCCCCCCCCCCCCCCCCCC(=O)NC(CO)C(O)/C=C/CCCCCCCCCCCCCCCCCCC. The van der Waals surface area contributed by atoms with Gasteiger partial charge in [0.25, 0.3) is 0 Å². The van der Waals surface area contributed by atoms with Crippen molar-refractivity contribution < 1.29 is 24.5 Å². The molecule has 0 saturated heterocycles. The topological polar surface area (TPSA) is 95.9 Å². The van der Waals surface area contributed by atoms with Gasteiger partial charge in [0.2, 0.25) is 5.91 Å². The van der Waals surface area contributed by atoms with Crippen LogP contribution in [0, 0.1) is 0 Å². The average molecular weight is 1050 g/mol. The number of nitrogens with one attached hydrogen (secondary N) is 1. The quantitative estimate of drug-likeness (QED) is 0.0320. The van der Waals surface area contributed by atoms with Gasteiger partial charge in [0.05, 0.1) is 25.4 Å². The first-order chi connectivity index (χ1) is 37.0. The minimum Gasteiger partial charge on any atom is -0.466 e. The molecule has 0 aromatic heterocycles. The maximum absolute atomic E-state index is 12.5. The molecule has 0 heterocycles. The third-order valence-electron chi connectivity index (χ3n) is 15.7. The fourth-order valence-corrected chi connectivity index (χ4v) is 10.5. The number of aliphatic hydroxyl groups excluding tert-OH is 2. The van der Waals surface area contributed by atoms with E-state index in [9.17, 15) is 19.8 Å². The van der Waals surface area contributed by atoms with E-state index in [1.54, 1.807) is 6.08 Å². The molecule has 0 aliphatic carbocycles. The smallest absolute Gasteiger partial charge is 0.305 e. The molecule has 0 rings (SSSR count). The summed E-state index contributed by atoms with van der Waals surface area (Å²) < 4.78 is 5.50. The van der Waals surface area contributed by atoms with Crippen LogP contribution in [0.15, 0.2) is 36.5 Å². The Morgan fingerprint density at radius 1 is 0.373 bits per heavy atom. The van der Waals surface area contributed by atoms with Gasteiger partial charge in [-0.2, -0.15) is 0 Å². The average Bonchev–Trinajstić information content (AvgIpc) is 3.41. The van der Waals surface area contributed by atoms with E-state index in [2.05, 4.69) is 43.5 Å². The second-order valence-electron chi connectivity index (χ2n) is 23.2. The lowest BCUT2D eigenvalue weighted by molar-refractivity contribution is -0.143. The van der Waals surface area contributed by atoms with Crippen LogP contribution in [0.5, 0.6) is 0 Å². The van der Waals surface area contributed by atoms with E-state index in [0.717, 1.165) is 51.4 Å². The molecule has 442 valence electrons. The maximum Gasteiger partial charge on any atom is 0.305 e. The summed E-state index contributed by atoms with van der Waals surface area (Å²) in [5, 5.41) is 23.2. The van der Waals surface area contributed by atoms with Crippen LogP contribution in [-0.2, 0) is 14.3 Å². The number of carbonyl (C=O) groups excluding carboxylic acids is 2. The molecule has 0 aliphatic heterocycles.